The summed E-state index contributed by atoms with van der Waals surface area (Å²) in [6.45, 7) is 2.76. The minimum atomic E-state index is -1.19. The van der Waals surface area contributed by atoms with Gasteiger partial charge in [-0.25, -0.2) is 24.3 Å². The normalized spacial score (nSPS) is 10.9. The van der Waals surface area contributed by atoms with Crippen molar-refractivity contribution in [2.24, 2.45) is 5.73 Å². The molecule has 0 bridgehead atoms. The number of hydrogen-bond acceptors (Lipinski definition) is 9. The van der Waals surface area contributed by atoms with Crippen LogP contribution in [0.2, 0.25) is 0 Å². The SMILES string of the molecule is CCc1cc(Nc2nccn3c(-c4ccc(Oc5ncccn5)c(F)c4F)cnc23)ccc1C(=O)NCCNC(=O)CCN. The number of aromatic nitrogens is 5. The summed E-state index contributed by atoms with van der Waals surface area (Å²) in [7, 11) is 0. The molecule has 0 fully saturated rings. The summed E-state index contributed by atoms with van der Waals surface area (Å²) in [5, 5.41) is 8.70. The van der Waals surface area contributed by atoms with E-state index in [-0.39, 0.29) is 48.6 Å². The molecule has 0 radical (unpaired) electrons. The maximum absolute atomic E-state index is 15.2. The lowest BCUT2D eigenvalue weighted by Crippen LogP contribution is -2.35. The molecule has 0 saturated heterocycles. The topological polar surface area (TPSA) is 161 Å². The molecular weight excluding hydrogens is 572 g/mol. The fourth-order valence-corrected chi connectivity index (χ4v) is 4.47. The number of imidazole rings is 1. The maximum atomic E-state index is 15.2. The summed E-state index contributed by atoms with van der Waals surface area (Å²) < 4.78 is 37.1. The number of benzene rings is 2. The smallest absolute Gasteiger partial charge is 0.321 e. The van der Waals surface area contributed by atoms with Crippen LogP contribution >= 0.6 is 0 Å². The van der Waals surface area contributed by atoms with E-state index < -0.39 is 11.6 Å². The number of anilines is 2. The summed E-state index contributed by atoms with van der Waals surface area (Å²) >= 11 is 0. The van der Waals surface area contributed by atoms with Crippen molar-refractivity contribution in [3.63, 3.8) is 0 Å². The van der Waals surface area contributed by atoms with Gasteiger partial charge in [-0.3, -0.25) is 14.0 Å². The number of aryl methyl sites for hydroxylation is 1. The number of nitrogens with zero attached hydrogens (tertiary/aromatic N) is 5. The first-order valence-electron chi connectivity index (χ1n) is 13.8. The van der Waals surface area contributed by atoms with Crippen molar-refractivity contribution in [3.8, 4) is 23.0 Å². The van der Waals surface area contributed by atoms with Crippen LogP contribution in [-0.4, -0.2) is 55.8 Å². The van der Waals surface area contributed by atoms with E-state index in [4.69, 9.17) is 10.5 Å². The largest absolute Gasteiger partial charge is 0.421 e. The Morgan fingerprint density at radius 3 is 2.55 bits per heavy atom. The van der Waals surface area contributed by atoms with Crippen molar-refractivity contribution in [2.45, 2.75) is 19.8 Å². The molecule has 0 saturated carbocycles. The molecule has 0 aliphatic heterocycles. The first-order chi connectivity index (χ1) is 21.4. The van der Waals surface area contributed by atoms with Gasteiger partial charge in [0, 0.05) is 67.7 Å². The number of carbonyl (C=O) groups excluding carboxylic acids is 2. The lowest BCUT2D eigenvalue weighted by Gasteiger charge is -2.13. The highest BCUT2D eigenvalue weighted by molar-refractivity contribution is 5.96. The van der Waals surface area contributed by atoms with Crippen LogP contribution in [0.25, 0.3) is 16.9 Å². The number of rotatable bonds is 12. The average Bonchev–Trinajstić information content (AvgIpc) is 3.47. The Labute approximate surface area is 250 Å². The number of carbonyl (C=O) groups is 2. The molecule has 0 atom stereocenters. The van der Waals surface area contributed by atoms with Gasteiger partial charge >= 0.3 is 6.01 Å². The molecule has 44 heavy (non-hydrogen) atoms. The third-order valence-electron chi connectivity index (χ3n) is 6.59. The van der Waals surface area contributed by atoms with E-state index in [1.54, 1.807) is 28.8 Å². The third-order valence-corrected chi connectivity index (χ3v) is 6.59. The van der Waals surface area contributed by atoms with Gasteiger partial charge in [0.2, 0.25) is 11.7 Å². The summed E-state index contributed by atoms with van der Waals surface area (Å²) in [4.78, 5) is 40.8. The molecule has 5 N–H and O–H groups in total. The number of fused-ring (bicyclic) bond motifs is 1. The minimum absolute atomic E-state index is 0.0314. The molecule has 5 rings (SSSR count). The molecule has 2 aromatic carbocycles. The van der Waals surface area contributed by atoms with Gasteiger partial charge in [-0.15, -0.1) is 0 Å². The second-order valence-corrected chi connectivity index (χ2v) is 9.48. The molecule has 3 aromatic heterocycles. The van der Waals surface area contributed by atoms with Crippen LogP contribution in [0.5, 0.6) is 11.8 Å². The molecule has 0 unspecified atom stereocenters. The van der Waals surface area contributed by atoms with Gasteiger partial charge in [0.15, 0.2) is 23.0 Å². The zero-order valence-corrected chi connectivity index (χ0v) is 23.7. The van der Waals surface area contributed by atoms with Crippen LogP contribution in [0, 0.1) is 11.6 Å². The third kappa shape index (κ3) is 6.60. The van der Waals surface area contributed by atoms with E-state index in [0.29, 0.717) is 41.4 Å². The van der Waals surface area contributed by atoms with Gasteiger partial charge < -0.3 is 26.4 Å². The first-order valence-corrected chi connectivity index (χ1v) is 13.8. The zero-order valence-electron chi connectivity index (χ0n) is 23.7. The van der Waals surface area contributed by atoms with Crippen molar-refractivity contribution in [2.75, 3.05) is 25.0 Å². The number of amides is 2. The number of ether oxygens (including phenoxy) is 1. The molecule has 226 valence electrons. The van der Waals surface area contributed by atoms with Crippen LogP contribution in [0.3, 0.4) is 0 Å². The average molecular weight is 602 g/mol. The van der Waals surface area contributed by atoms with Gasteiger partial charge in [-0.1, -0.05) is 6.92 Å². The highest BCUT2D eigenvalue weighted by atomic mass is 19.2. The van der Waals surface area contributed by atoms with Crippen LogP contribution in [0.4, 0.5) is 20.3 Å². The predicted molar refractivity (Wildman–Crippen MR) is 159 cm³/mol. The van der Waals surface area contributed by atoms with Crippen molar-refractivity contribution in [1.82, 2.24) is 35.0 Å². The lowest BCUT2D eigenvalue weighted by atomic mass is 10.0. The zero-order chi connectivity index (χ0) is 31.1. The van der Waals surface area contributed by atoms with Crippen LogP contribution in [0.1, 0.15) is 29.3 Å². The van der Waals surface area contributed by atoms with E-state index in [9.17, 15) is 14.0 Å². The van der Waals surface area contributed by atoms with Gasteiger partial charge in [0.1, 0.15) is 0 Å². The Kier molecular flexibility index (Phi) is 9.30. The monoisotopic (exact) mass is 601 g/mol. The highest BCUT2D eigenvalue weighted by Gasteiger charge is 2.20. The molecule has 0 aliphatic rings. The standard InChI is InChI=1S/C30H29F2N9O3/c1-2-18-16-19(4-5-20(18)29(43)36-13-12-34-24(42)8-9-33)40-27-28-39-17-22(41(28)15-14-35-27)21-6-7-23(26(32)25(21)31)44-30-37-10-3-11-38-30/h3-7,10-11,14-17H,2,8-9,12-13,33H2,1H3,(H,34,42)(H,35,40)(H,36,43). The van der Waals surface area contributed by atoms with E-state index in [1.807, 2.05) is 13.0 Å². The second-order valence-electron chi connectivity index (χ2n) is 9.48. The van der Waals surface area contributed by atoms with Crippen molar-refractivity contribution in [3.05, 3.63) is 90.1 Å². The van der Waals surface area contributed by atoms with E-state index in [0.717, 1.165) is 5.56 Å². The molecular formula is C30H29F2N9O3. The summed E-state index contributed by atoms with van der Waals surface area (Å²) in [6.07, 6.45) is 8.18. The quantitative estimate of drug-likeness (QED) is 0.156. The Morgan fingerprint density at radius 2 is 1.77 bits per heavy atom. The highest BCUT2D eigenvalue weighted by Crippen LogP contribution is 2.33. The predicted octanol–water partition coefficient (Wildman–Crippen LogP) is 3.76. The molecule has 14 heteroatoms. The first kappa shape index (κ1) is 30.0. The maximum Gasteiger partial charge on any atom is 0.321 e. The Bertz CT molecular complexity index is 1800. The molecule has 0 spiro atoms. The Morgan fingerprint density at radius 1 is 0.977 bits per heavy atom. The Balaban J connectivity index is 1.33. The van der Waals surface area contributed by atoms with Gasteiger partial charge in [0.05, 0.1) is 11.9 Å². The summed E-state index contributed by atoms with van der Waals surface area (Å²) in [6, 6.07) is 9.41. The van der Waals surface area contributed by atoms with E-state index in [2.05, 4.69) is 35.9 Å². The molecule has 5 aromatic rings. The fraction of sp³-hybridized carbons (Fsp3) is 0.200. The minimum Gasteiger partial charge on any atom is -0.421 e. The Hall–Kier alpha value is -5.50. The van der Waals surface area contributed by atoms with E-state index >= 15 is 4.39 Å². The number of halogens is 2. The van der Waals surface area contributed by atoms with Crippen LogP contribution in [0.15, 0.2) is 67.4 Å². The van der Waals surface area contributed by atoms with Crippen molar-refractivity contribution in [1.29, 1.82) is 0 Å². The second kappa shape index (κ2) is 13.6. The van der Waals surface area contributed by atoms with Crippen LogP contribution < -0.4 is 26.4 Å². The number of hydrogen-bond donors (Lipinski definition) is 4. The molecule has 3 heterocycles. The van der Waals surface area contributed by atoms with Crippen molar-refractivity contribution >= 4 is 29.0 Å². The summed E-state index contributed by atoms with van der Waals surface area (Å²) in [5.41, 5.74) is 7.94. The van der Waals surface area contributed by atoms with Crippen LogP contribution in [-0.2, 0) is 11.2 Å². The lowest BCUT2D eigenvalue weighted by molar-refractivity contribution is -0.120. The van der Waals surface area contributed by atoms with E-state index in [1.165, 1.54) is 36.9 Å². The fourth-order valence-electron chi connectivity index (χ4n) is 4.47. The van der Waals surface area contributed by atoms with Gasteiger partial charge in [0.25, 0.3) is 5.91 Å². The number of nitrogens with two attached hydrogens (primary N) is 1. The number of nitrogens with one attached hydrogen (secondary N) is 3. The van der Waals surface area contributed by atoms with Crippen molar-refractivity contribution < 1.29 is 23.1 Å². The molecule has 2 amide bonds. The van der Waals surface area contributed by atoms with Gasteiger partial charge in [-0.05, 0) is 48.4 Å². The molecule has 12 nitrogen and oxygen atoms in total. The summed E-state index contributed by atoms with van der Waals surface area (Å²) in [5.74, 6) is -2.72. The van der Waals surface area contributed by atoms with Gasteiger partial charge in [-0.2, -0.15) is 4.39 Å². The molecule has 0 aliphatic carbocycles.